The van der Waals surface area contributed by atoms with Crippen molar-refractivity contribution >= 4 is 34.6 Å². The van der Waals surface area contributed by atoms with E-state index < -0.39 is 5.97 Å². The lowest BCUT2D eigenvalue weighted by Crippen LogP contribution is -2.33. The Morgan fingerprint density at radius 1 is 1.45 bits per heavy atom. The van der Waals surface area contributed by atoms with Crippen LogP contribution in [0.2, 0.25) is 0 Å². The van der Waals surface area contributed by atoms with Crippen molar-refractivity contribution in [1.82, 2.24) is 10.3 Å². The first kappa shape index (κ1) is 14.7. The number of aromatic nitrogens is 1. The normalized spacial score (nSPS) is 12.1. The Balaban J connectivity index is 1.94. The molecule has 2 aromatic rings. The molecule has 0 saturated heterocycles. The Morgan fingerprint density at radius 2 is 2.25 bits per heavy atom. The van der Waals surface area contributed by atoms with Crippen molar-refractivity contribution in [2.24, 2.45) is 0 Å². The standard InChI is InChI=1S/C13H14N2O3S2/c1-8(4-5-11(16)17)14-12(18)9-7-20-13(15-9)10-3-2-6-19-10/h2-3,6-8H,4-5H2,1H3,(H,14,18)(H,16,17). The summed E-state index contributed by atoms with van der Waals surface area (Å²) in [4.78, 5) is 27.8. The number of carboxylic acid groups (broad SMARTS) is 1. The molecule has 0 spiro atoms. The van der Waals surface area contributed by atoms with Crippen molar-refractivity contribution in [2.45, 2.75) is 25.8 Å². The van der Waals surface area contributed by atoms with Gasteiger partial charge in [0, 0.05) is 17.8 Å². The number of carbonyl (C=O) groups is 2. The summed E-state index contributed by atoms with van der Waals surface area (Å²) in [6.45, 7) is 1.79. The molecule has 1 unspecified atom stereocenters. The van der Waals surface area contributed by atoms with E-state index in [1.807, 2.05) is 17.5 Å². The molecule has 0 radical (unpaired) electrons. The van der Waals surface area contributed by atoms with E-state index in [0.29, 0.717) is 12.1 Å². The molecule has 1 amide bonds. The number of carboxylic acids is 1. The number of nitrogens with zero attached hydrogens (tertiary/aromatic N) is 1. The van der Waals surface area contributed by atoms with Crippen LogP contribution in [0.1, 0.15) is 30.3 Å². The predicted molar refractivity (Wildman–Crippen MR) is 79.2 cm³/mol. The SMILES string of the molecule is CC(CCC(=O)O)NC(=O)c1csc(-c2cccs2)n1. The average molecular weight is 310 g/mol. The molecule has 20 heavy (non-hydrogen) atoms. The van der Waals surface area contributed by atoms with E-state index in [-0.39, 0.29) is 18.4 Å². The third-order valence-electron chi connectivity index (χ3n) is 2.64. The van der Waals surface area contributed by atoms with Crippen LogP contribution in [0.5, 0.6) is 0 Å². The zero-order chi connectivity index (χ0) is 14.5. The summed E-state index contributed by atoms with van der Waals surface area (Å²) < 4.78 is 0. The van der Waals surface area contributed by atoms with Crippen molar-refractivity contribution in [3.8, 4) is 9.88 Å². The average Bonchev–Trinajstić information content (AvgIpc) is 3.06. The van der Waals surface area contributed by atoms with Gasteiger partial charge in [0.05, 0.1) is 4.88 Å². The largest absolute Gasteiger partial charge is 0.481 e. The number of rotatable bonds is 6. The van der Waals surface area contributed by atoms with Crippen LogP contribution in [0, 0.1) is 0 Å². The van der Waals surface area contributed by atoms with Crippen molar-refractivity contribution in [1.29, 1.82) is 0 Å². The lowest BCUT2D eigenvalue weighted by atomic mass is 10.2. The number of thiophene rings is 1. The molecule has 0 bridgehead atoms. The molecule has 2 rings (SSSR count). The van der Waals surface area contributed by atoms with Gasteiger partial charge in [-0.15, -0.1) is 22.7 Å². The van der Waals surface area contributed by atoms with Crippen LogP contribution in [-0.2, 0) is 4.79 Å². The van der Waals surface area contributed by atoms with Gasteiger partial charge >= 0.3 is 5.97 Å². The van der Waals surface area contributed by atoms with Crippen LogP contribution in [-0.4, -0.2) is 28.0 Å². The molecule has 1 atom stereocenters. The fourth-order valence-electron chi connectivity index (χ4n) is 1.60. The van der Waals surface area contributed by atoms with Gasteiger partial charge in [0.1, 0.15) is 10.7 Å². The van der Waals surface area contributed by atoms with Gasteiger partial charge in [-0.2, -0.15) is 0 Å². The zero-order valence-electron chi connectivity index (χ0n) is 10.8. The zero-order valence-corrected chi connectivity index (χ0v) is 12.5. The minimum Gasteiger partial charge on any atom is -0.481 e. The minimum absolute atomic E-state index is 0.0406. The van der Waals surface area contributed by atoms with E-state index in [1.54, 1.807) is 23.6 Å². The Bertz CT molecular complexity index is 593. The van der Waals surface area contributed by atoms with Crippen LogP contribution in [0.15, 0.2) is 22.9 Å². The highest BCUT2D eigenvalue weighted by molar-refractivity contribution is 7.20. The maximum absolute atomic E-state index is 12.0. The van der Waals surface area contributed by atoms with E-state index in [9.17, 15) is 9.59 Å². The Hall–Kier alpha value is -1.73. The third kappa shape index (κ3) is 3.88. The van der Waals surface area contributed by atoms with Crippen molar-refractivity contribution in [3.63, 3.8) is 0 Å². The van der Waals surface area contributed by atoms with Gasteiger partial charge < -0.3 is 10.4 Å². The second-order valence-electron chi connectivity index (χ2n) is 4.32. The summed E-state index contributed by atoms with van der Waals surface area (Å²) in [5, 5.41) is 15.9. The number of hydrogen-bond donors (Lipinski definition) is 2. The summed E-state index contributed by atoms with van der Waals surface area (Å²) in [7, 11) is 0. The lowest BCUT2D eigenvalue weighted by molar-refractivity contribution is -0.137. The Labute approximate surface area is 124 Å². The number of nitrogens with one attached hydrogen (secondary N) is 1. The molecular formula is C13H14N2O3S2. The molecule has 0 aliphatic carbocycles. The van der Waals surface area contributed by atoms with Gasteiger partial charge in [0.2, 0.25) is 0 Å². The summed E-state index contributed by atoms with van der Waals surface area (Å²) in [6, 6.07) is 3.71. The number of hydrogen-bond acceptors (Lipinski definition) is 5. The molecule has 106 valence electrons. The fraction of sp³-hybridized carbons (Fsp3) is 0.308. The lowest BCUT2D eigenvalue weighted by Gasteiger charge is -2.11. The second-order valence-corrected chi connectivity index (χ2v) is 6.13. The number of amides is 1. The Kier molecular flexibility index (Phi) is 4.86. The van der Waals surface area contributed by atoms with Gasteiger partial charge in [-0.3, -0.25) is 9.59 Å². The highest BCUT2D eigenvalue weighted by Gasteiger charge is 2.15. The van der Waals surface area contributed by atoms with Crippen LogP contribution < -0.4 is 5.32 Å². The maximum Gasteiger partial charge on any atom is 0.303 e. The van der Waals surface area contributed by atoms with E-state index in [2.05, 4.69) is 10.3 Å². The van der Waals surface area contributed by atoms with E-state index in [1.165, 1.54) is 11.3 Å². The third-order valence-corrected chi connectivity index (χ3v) is 4.52. The van der Waals surface area contributed by atoms with Crippen LogP contribution in [0.3, 0.4) is 0 Å². The van der Waals surface area contributed by atoms with Crippen LogP contribution >= 0.6 is 22.7 Å². The van der Waals surface area contributed by atoms with Crippen molar-refractivity contribution in [3.05, 3.63) is 28.6 Å². The van der Waals surface area contributed by atoms with E-state index in [4.69, 9.17) is 5.11 Å². The van der Waals surface area contributed by atoms with Crippen LogP contribution in [0.25, 0.3) is 9.88 Å². The molecule has 0 aromatic carbocycles. The highest BCUT2D eigenvalue weighted by Crippen LogP contribution is 2.27. The summed E-state index contributed by atoms with van der Waals surface area (Å²) in [5.74, 6) is -1.12. The Morgan fingerprint density at radius 3 is 2.90 bits per heavy atom. The topological polar surface area (TPSA) is 79.3 Å². The number of aliphatic carboxylic acids is 1. The summed E-state index contributed by atoms with van der Waals surface area (Å²) in [6.07, 6.45) is 0.446. The van der Waals surface area contributed by atoms with Crippen molar-refractivity contribution in [2.75, 3.05) is 0 Å². The molecule has 7 heteroatoms. The summed E-state index contributed by atoms with van der Waals surface area (Å²) >= 11 is 3.00. The summed E-state index contributed by atoms with van der Waals surface area (Å²) in [5.41, 5.74) is 0.376. The van der Waals surface area contributed by atoms with E-state index in [0.717, 1.165) is 9.88 Å². The molecule has 0 saturated carbocycles. The van der Waals surface area contributed by atoms with Gasteiger partial charge in [0.25, 0.3) is 5.91 Å². The van der Waals surface area contributed by atoms with Gasteiger partial charge in [-0.05, 0) is 24.8 Å². The number of thiazole rings is 1. The molecule has 5 nitrogen and oxygen atoms in total. The molecule has 2 aromatic heterocycles. The van der Waals surface area contributed by atoms with Crippen LogP contribution in [0.4, 0.5) is 0 Å². The molecule has 0 aliphatic rings. The molecule has 2 heterocycles. The first-order valence-electron chi connectivity index (χ1n) is 6.08. The van der Waals surface area contributed by atoms with Gasteiger partial charge in [0.15, 0.2) is 0 Å². The maximum atomic E-state index is 12.0. The monoisotopic (exact) mass is 310 g/mol. The molecule has 0 aliphatic heterocycles. The second kappa shape index (κ2) is 6.62. The molecule has 0 fully saturated rings. The fourth-order valence-corrected chi connectivity index (χ4v) is 3.22. The quantitative estimate of drug-likeness (QED) is 0.860. The predicted octanol–water partition coefficient (Wildman–Crippen LogP) is 2.85. The molecular weight excluding hydrogens is 296 g/mol. The number of carbonyl (C=O) groups excluding carboxylic acids is 1. The molecule has 2 N–H and O–H groups in total. The van der Waals surface area contributed by atoms with Gasteiger partial charge in [-0.25, -0.2) is 4.98 Å². The minimum atomic E-state index is -0.861. The van der Waals surface area contributed by atoms with E-state index >= 15 is 0 Å². The first-order chi connectivity index (χ1) is 9.56. The van der Waals surface area contributed by atoms with Gasteiger partial charge in [-0.1, -0.05) is 6.07 Å². The smallest absolute Gasteiger partial charge is 0.303 e. The first-order valence-corrected chi connectivity index (χ1v) is 7.84. The highest BCUT2D eigenvalue weighted by atomic mass is 32.1. The van der Waals surface area contributed by atoms with Crippen molar-refractivity contribution < 1.29 is 14.7 Å².